The third kappa shape index (κ3) is 1.88. The van der Waals surface area contributed by atoms with Crippen LogP contribution in [0.2, 0.25) is 0 Å². The van der Waals surface area contributed by atoms with E-state index in [0.717, 1.165) is 24.2 Å². The van der Waals surface area contributed by atoms with Crippen molar-refractivity contribution in [2.45, 2.75) is 32.1 Å². The highest BCUT2D eigenvalue weighted by Gasteiger charge is 2.21. The van der Waals surface area contributed by atoms with Gasteiger partial charge in [0.2, 0.25) is 0 Å². The second-order valence-electron chi connectivity index (χ2n) is 5.00. The summed E-state index contributed by atoms with van der Waals surface area (Å²) in [6.07, 6.45) is 3.31. The van der Waals surface area contributed by atoms with Crippen LogP contribution in [0.4, 0.5) is 0 Å². The minimum Gasteiger partial charge on any atom is -0.427 e. The van der Waals surface area contributed by atoms with Gasteiger partial charge < -0.3 is 4.42 Å². The van der Waals surface area contributed by atoms with Crippen molar-refractivity contribution in [2.24, 2.45) is 0 Å². The van der Waals surface area contributed by atoms with Crippen molar-refractivity contribution in [3.63, 3.8) is 0 Å². The van der Waals surface area contributed by atoms with E-state index >= 15 is 0 Å². The Balaban J connectivity index is 2.16. The highest BCUT2D eigenvalue weighted by Crippen LogP contribution is 2.32. The van der Waals surface area contributed by atoms with Crippen LogP contribution in [0.5, 0.6) is 0 Å². The van der Waals surface area contributed by atoms with E-state index < -0.39 is 0 Å². The second-order valence-corrected chi connectivity index (χ2v) is 5.00. The summed E-state index contributed by atoms with van der Waals surface area (Å²) in [6, 6.07) is 11.8. The van der Waals surface area contributed by atoms with Crippen LogP contribution in [-0.4, -0.2) is 0 Å². The zero-order chi connectivity index (χ0) is 12.5. The maximum atomic E-state index is 12.1. The van der Waals surface area contributed by atoms with E-state index in [1.54, 1.807) is 0 Å². The van der Waals surface area contributed by atoms with Gasteiger partial charge in [0.1, 0.15) is 5.76 Å². The van der Waals surface area contributed by atoms with Crippen LogP contribution in [0.15, 0.2) is 45.6 Å². The Hall–Kier alpha value is -1.83. The molecule has 0 aliphatic heterocycles. The third-order valence-electron chi connectivity index (χ3n) is 3.67. The van der Waals surface area contributed by atoms with Gasteiger partial charge in [-0.05, 0) is 36.5 Å². The molecule has 1 aromatic carbocycles. The van der Waals surface area contributed by atoms with Gasteiger partial charge in [-0.1, -0.05) is 37.3 Å². The Morgan fingerprint density at radius 3 is 2.78 bits per heavy atom. The van der Waals surface area contributed by atoms with Gasteiger partial charge in [-0.25, -0.2) is 4.79 Å². The van der Waals surface area contributed by atoms with Crippen LogP contribution in [-0.2, 0) is 6.42 Å². The number of rotatable bonds is 1. The molecule has 0 bridgehead atoms. The summed E-state index contributed by atoms with van der Waals surface area (Å²) >= 11 is 0. The molecule has 2 aromatic rings. The normalized spacial score (nSPS) is 18.4. The number of benzene rings is 1. The lowest BCUT2D eigenvalue weighted by molar-refractivity contribution is 0.393. The fourth-order valence-electron chi connectivity index (χ4n) is 2.69. The number of hydrogen-bond acceptors (Lipinski definition) is 2. The summed E-state index contributed by atoms with van der Waals surface area (Å²) in [5, 5.41) is 0. The van der Waals surface area contributed by atoms with E-state index in [1.165, 1.54) is 12.0 Å². The van der Waals surface area contributed by atoms with Crippen molar-refractivity contribution in [1.82, 2.24) is 0 Å². The molecule has 0 fully saturated rings. The first kappa shape index (κ1) is 11.3. The molecular weight excluding hydrogens is 224 g/mol. The lowest BCUT2D eigenvalue weighted by atomic mass is 9.88. The molecule has 92 valence electrons. The molecule has 0 saturated heterocycles. The average Bonchev–Trinajstić information content (AvgIpc) is 2.40. The smallest absolute Gasteiger partial charge is 0.343 e. The third-order valence-corrected chi connectivity index (χ3v) is 3.67. The first-order valence-corrected chi connectivity index (χ1v) is 6.48. The minimum absolute atomic E-state index is 0.214. The molecule has 1 aromatic heterocycles. The van der Waals surface area contributed by atoms with Crippen molar-refractivity contribution in [2.75, 3.05) is 0 Å². The molecule has 0 N–H and O–H groups in total. The predicted molar refractivity (Wildman–Crippen MR) is 71.8 cm³/mol. The Morgan fingerprint density at radius 1 is 1.22 bits per heavy atom. The molecule has 18 heavy (non-hydrogen) atoms. The quantitative estimate of drug-likeness (QED) is 0.760. The summed E-state index contributed by atoms with van der Waals surface area (Å²) in [7, 11) is 0. The molecule has 2 nitrogen and oxygen atoms in total. The fourth-order valence-corrected chi connectivity index (χ4v) is 2.69. The maximum absolute atomic E-state index is 12.1. The Morgan fingerprint density at radius 2 is 2.00 bits per heavy atom. The van der Waals surface area contributed by atoms with Gasteiger partial charge in [-0.15, -0.1) is 0 Å². The van der Waals surface area contributed by atoms with E-state index in [4.69, 9.17) is 4.42 Å². The largest absolute Gasteiger partial charge is 0.427 e. The van der Waals surface area contributed by atoms with Gasteiger partial charge in [0.05, 0.1) is 5.56 Å². The lowest BCUT2D eigenvalue weighted by Gasteiger charge is -2.20. The topological polar surface area (TPSA) is 30.2 Å². The van der Waals surface area contributed by atoms with Gasteiger partial charge in [-0.3, -0.25) is 0 Å². The first-order valence-electron chi connectivity index (χ1n) is 6.48. The van der Waals surface area contributed by atoms with Crippen LogP contribution < -0.4 is 5.63 Å². The van der Waals surface area contributed by atoms with Crippen molar-refractivity contribution >= 4 is 0 Å². The van der Waals surface area contributed by atoms with Crippen LogP contribution in [0, 0.1) is 0 Å². The molecule has 3 rings (SSSR count). The number of fused-ring (bicyclic) bond motifs is 1. The molecule has 1 atom stereocenters. The molecular formula is C16H16O2. The number of aryl methyl sites for hydroxylation is 1. The molecule has 0 spiro atoms. The number of hydrogen-bond donors (Lipinski definition) is 0. The van der Waals surface area contributed by atoms with Gasteiger partial charge in [0.15, 0.2) is 0 Å². The van der Waals surface area contributed by atoms with Crippen LogP contribution in [0.3, 0.4) is 0 Å². The predicted octanol–water partition coefficient (Wildman–Crippen LogP) is 3.75. The fraction of sp³-hybridized carbons (Fsp3) is 0.312. The molecule has 2 heteroatoms. The molecule has 0 amide bonds. The molecule has 0 saturated carbocycles. The molecule has 1 unspecified atom stereocenters. The summed E-state index contributed by atoms with van der Waals surface area (Å²) in [6.45, 7) is 2.13. The Labute approximate surface area is 106 Å². The summed E-state index contributed by atoms with van der Waals surface area (Å²) < 4.78 is 5.54. The SMILES string of the molecule is CC1CCCc2cc(-c3ccccc3)c(=O)oc21. The van der Waals surface area contributed by atoms with Crippen molar-refractivity contribution < 1.29 is 4.42 Å². The monoisotopic (exact) mass is 240 g/mol. The van der Waals surface area contributed by atoms with E-state index in [9.17, 15) is 4.79 Å². The lowest BCUT2D eigenvalue weighted by Crippen LogP contribution is -2.13. The molecule has 1 aliphatic carbocycles. The zero-order valence-electron chi connectivity index (χ0n) is 10.5. The van der Waals surface area contributed by atoms with Crippen LogP contribution >= 0.6 is 0 Å². The summed E-state index contributed by atoms with van der Waals surface area (Å²) in [4.78, 5) is 12.1. The summed E-state index contributed by atoms with van der Waals surface area (Å²) in [5.41, 5.74) is 2.61. The molecule has 1 aliphatic rings. The van der Waals surface area contributed by atoms with E-state index in [-0.39, 0.29) is 5.63 Å². The first-order chi connectivity index (χ1) is 8.75. The average molecular weight is 240 g/mol. The maximum Gasteiger partial charge on any atom is 0.343 e. The van der Waals surface area contributed by atoms with E-state index in [0.29, 0.717) is 11.5 Å². The van der Waals surface area contributed by atoms with Crippen molar-refractivity contribution in [3.8, 4) is 11.1 Å². The minimum atomic E-state index is -0.214. The Bertz CT molecular complexity index is 611. The zero-order valence-corrected chi connectivity index (χ0v) is 10.5. The van der Waals surface area contributed by atoms with Gasteiger partial charge in [0.25, 0.3) is 0 Å². The second kappa shape index (κ2) is 4.45. The van der Waals surface area contributed by atoms with Gasteiger partial charge in [0, 0.05) is 5.92 Å². The highest BCUT2D eigenvalue weighted by atomic mass is 16.4. The van der Waals surface area contributed by atoms with Crippen LogP contribution in [0.25, 0.3) is 11.1 Å². The summed E-state index contributed by atoms with van der Waals surface area (Å²) in [5.74, 6) is 1.26. The van der Waals surface area contributed by atoms with E-state index in [1.807, 2.05) is 36.4 Å². The van der Waals surface area contributed by atoms with Crippen molar-refractivity contribution in [1.29, 1.82) is 0 Å². The standard InChI is InChI=1S/C16H16O2/c1-11-6-5-9-13-10-14(16(17)18-15(11)13)12-7-3-2-4-8-12/h2-4,7-8,10-11H,5-6,9H2,1H3. The van der Waals surface area contributed by atoms with Crippen molar-refractivity contribution in [3.05, 3.63) is 58.1 Å². The molecule has 1 heterocycles. The van der Waals surface area contributed by atoms with Crippen LogP contribution in [0.1, 0.15) is 37.0 Å². The van der Waals surface area contributed by atoms with Gasteiger partial charge >= 0.3 is 5.63 Å². The van der Waals surface area contributed by atoms with Gasteiger partial charge in [-0.2, -0.15) is 0 Å². The highest BCUT2D eigenvalue weighted by molar-refractivity contribution is 5.62. The van der Waals surface area contributed by atoms with E-state index in [2.05, 4.69) is 6.92 Å². The molecule has 0 radical (unpaired) electrons. The Kier molecular flexibility index (Phi) is 2.78.